The van der Waals surface area contributed by atoms with Crippen molar-refractivity contribution in [3.8, 4) is 0 Å². The lowest BCUT2D eigenvalue weighted by atomic mass is 9.74. The van der Waals surface area contributed by atoms with Crippen molar-refractivity contribution in [1.82, 2.24) is 20.5 Å². The second-order valence-electron chi connectivity index (χ2n) is 10.8. The van der Waals surface area contributed by atoms with Gasteiger partial charge in [-0.25, -0.2) is 4.79 Å². The van der Waals surface area contributed by atoms with Crippen molar-refractivity contribution in [2.24, 2.45) is 5.73 Å². The summed E-state index contributed by atoms with van der Waals surface area (Å²) in [6.45, 7) is 3.97. The molecular weight excluding hydrogens is 474 g/mol. The molecule has 7 nitrogen and oxygen atoms in total. The van der Waals surface area contributed by atoms with Crippen molar-refractivity contribution in [3.63, 3.8) is 0 Å². The molecule has 0 saturated carbocycles. The Morgan fingerprint density at radius 1 is 1.05 bits per heavy atom. The van der Waals surface area contributed by atoms with Gasteiger partial charge >= 0.3 is 6.03 Å². The zero-order valence-electron chi connectivity index (χ0n) is 22.2. The van der Waals surface area contributed by atoms with Crippen LogP contribution in [0.2, 0.25) is 0 Å². The fraction of sp³-hybridized carbons (Fsp3) is 0.419. The minimum absolute atomic E-state index is 0.00709. The molecule has 1 aliphatic heterocycles. The summed E-state index contributed by atoms with van der Waals surface area (Å²) in [6.07, 6.45) is 11.4. The molecule has 1 fully saturated rings. The molecule has 0 unspecified atom stereocenters. The number of aromatic nitrogens is 1. The lowest BCUT2D eigenvalue weighted by molar-refractivity contribution is -0.123. The van der Waals surface area contributed by atoms with E-state index in [4.69, 9.17) is 5.73 Å². The number of benzene rings is 2. The first-order valence-electron chi connectivity index (χ1n) is 13.9. The summed E-state index contributed by atoms with van der Waals surface area (Å²) < 4.78 is 0. The molecule has 5 N–H and O–H groups in total. The summed E-state index contributed by atoms with van der Waals surface area (Å²) in [7, 11) is 0. The third-order valence-electron chi connectivity index (χ3n) is 8.22. The fourth-order valence-electron chi connectivity index (χ4n) is 5.96. The third kappa shape index (κ3) is 5.48. The molecule has 200 valence electrons. The monoisotopic (exact) mass is 513 g/mol. The number of aromatic amines is 1. The Morgan fingerprint density at radius 2 is 1.82 bits per heavy atom. The van der Waals surface area contributed by atoms with Gasteiger partial charge in [0.1, 0.15) is 6.04 Å². The number of amides is 3. The van der Waals surface area contributed by atoms with Gasteiger partial charge in [0.15, 0.2) is 0 Å². The maximum Gasteiger partial charge on any atom is 0.318 e. The van der Waals surface area contributed by atoms with Crippen molar-refractivity contribution in [2.45, 2.75) is 62.9 Å². The van der Waals surface area contributed by atoms with E-state index in [2.05, 4.69) is 52.0 Å². The predicted octanol–water partition coefficient (Wildman–Crippen LogP) is 4.48. The number of carbonyl (C=O) groups is 2. The van der Waals surface area contributed by atoms with E-state index in [1.165, 1.54) is 11.1 Å². The highest BCUT2D eigenvalue weighted by Crippen LogP contribution is 2.43. The molecule has 3 aromatic rings. The van der Waals surface area contributed by atoms with Crippen LogP contribution >= 0.6 is 0 Å². The van der Waals surface area contributed by atoms with Crippen LogP contribution in [0, 0.1) is 0 Å². The van der Waals surface area contributed by atoms with Crippen molar-refractivity contribution in [3.05, 3.63) is 77.5 Å². The van der Waals surface area contributed by atoms with E-state index in [-0.39, 0.29) is 23.4 Å². The first kappa shape index (κ1) is 26.0. The van der Waals surface area contributed by atoms with E-state index < -0.39 is 6.04 Å². The standard InChI is InChI=1S/C31H39N5O2/c1-22(8-6-7-17-32)34-29(37)28(20-24-21-33-27-12-5-3-10-25(24)27)35-30(38)36-18-15-31(16-19-36)14-13-23-9-2-4-11-26(23)31/h2-5,9-14,21-22,28,33H,6-8,15-20,32H2,1H3,(H,34,37)(H,35,38)/t22-,28-/m1/s1. The van der Waals surface area contributed by atoms with Gasteiger partial charge < -0.3 is 26.3 Å². The number of carbonyl (C=O) groups excluding carboxylic acids is 2. The summed E-state index contributed by atoms with van der Waals surface area (Å²) in [5, 5.41) is 7.28. The number of allylic oxidation sites excluding steroid dienone is 1. The van der Waals surface area contributed by atoms with Gasteiger partial charge in [0.25, 0.3) is 0 Å². The van der Waals surface area contributed by atoms with Crippen LogP contribution in [0.1, 0.15) is 55.7 Å². The molecule has 3 amide bonds. The second-order valence-corrected chi connectivity index (χ2v) is 10.8. The van der Waals surface area contributed by atoms with Crippen LogP contribution in [0.15, 0.2) is 60.8 Å². The van der Waals surface area contributed by atoms with Gasteiger partial charge in [0.05, 0.1) is 0 Å². The van der Waals surface area contributed by atoms with Crippen molar-refractivity contribution in [2.75, 3.05) is 19.6 Å². The van der Waals surface area contributed by atoms with Gasteiger partial charge in [0, 0.05) is 48.1 Å². The lowest BCUT2D eigenvalue weighted by Gasteiger charge is -2.39. The molecular formula is C31H39N5O2. The summed E-state index contributed by atoms with van der Waals surface area (Å²) in [5.74, 6) is -0.148. The van der Waals surface area contributed by atoms with Crippen molar-refractivity contribution < 1.29 is 9.59 Å². The number of para-hydroxylation sites is 1. The SMILES string of the molecule is C[C@H](CCCCN)NC(=O)[C@@H](Cc1c[nH]c2ccccc12)NC(=O)N1CCC2(C=Cc3ccccc32)CC1. The van der Waals surface area contributed by atoms with Gasteiger partial charge in [-0.1, -0.05) is 61.0 Å². The van der Waals surface area contributed by atoms with Crippen LogP contribution in [0.25, 0.3) is 17.0 Å². The summed E-state index contributed by atoms with van der Waals surface area (Å²) in [4.78, 5) is 32.0. The minimum atomic E-state index is -0.665. The lowest BCUT2D eigenvalue weighted by Crippen LogP contribution is -2.55. The highest BCUT2D eigenvalue weighted by atomic mass is 16.2. The number of fused-ring (bicyclic) bond motifs is 3. The number of nitrogens with one attached hydrogen (secondary N) is 3. The van der Waals surface area contributed by atoms with Crippen LogP contribution in [0.3, 0.4) is 0 Å². The van der Waals surface area contributed by atoms with E-state index >= 15 is 0 Å². The molecule has 2 aliphatic rings. The molecule has 2 aromatic carbocycles. The molecule has 2 heterocycles. The van der Waals surface area contributed by atoms with Crippen LogP contribution < -0.4 is 16.4 Å². The van der Waals surface area contributed by atoms with Gasteiger partial charge in [0.2, 0.25) is 5.91 Å². The van der Waals surface area contributed by atoms with E-state index in [1.54, 1.807) is 0 Å². The third-order valence-corrected chi connectivity index (χ3v) is 8.22. The van der Waals surface area contributed by atoms with Gasteiger partial charge in [-0.15, -0.1) is 0 Å². The number of H-pyrrole nitrogens is 1. The quantitative estimate of drug-likeness (QED) is 0.317. The van der Waals surface area contributed by atoms with Crippen molar-refractivity contribution >= 4 is 28.9 Å². The van der Waals surface area contributed by atoms with Crippen LogP contribution in [-0.4, -0.2) is 53.5 Å². The Hall–Kier alpha value is -3.58. The molecule has 1 aromatic heterocycles. The predicted molar refractivity (Wildman–Crippen MR) is 153 cm³/mol. The highest BCUT2D eigenvalue weighted by Gasteiger charge is 2.39. The first-order valence-corrected chi connectivity index (χ1v) is 13.9. The van der Waals surface area contributed by atoms with Gasteiger partial charge in [-0.2, -0.15) is 0 Å². The number of hydrogen-bond acceptors (Lipinski definition) is 3. The molecule has 2 atom stereocenters. The molecule has 0 radical (unpaired) electrons. The van der Waals surface area contributed by atoms with E-state index in [9.17, 15) is 9.59 Å². The molecule has 1 aliphatic carbocycles. The number of likely N-dealkylation sites (tertiary alicyclic amines) is 1. The Morgan fingerprint density at radius 3 is 2.63 bits per heavy atom. The first-order chi connectivity index (χ1) is 18.5. The largest absolute Gasteiger partial charge is 0.361 e. The van der Waals surface area contributed by atoms with E-state index in [0.717, 1.165) is 48.6 Å². The second kappa shape index (κ2) is 11.4. The maximum atomic E-state index is 13.4. The fourth-order valence-corrected chi connectivity index (χ4v) is 5.96. The Kier molecular flexibility index (Phi) is 7.84. The normalized spacial score (nSPS) is 17.4. The highest BCUT2D eigenvalue weighted by molar-refractivity contribution is 5.89. The minimum Gasteiger partial charge on any atom is -0.361 e. The summed E-state index contributed by atoms with van der Waals surface area (Å²) in [6, 6.07) is 15.8. The number of nitrogens with two attached hydrogens (primary N) is 1. The Bertz CT molecular complexity index is 1300. The van der Waals surface area contributed by atoms with Crippen LogP contribution in [-0.2, 0) is 16.6 Å². The smallest absolute Gasteiger partial charge is 0.318 e. The average Bonchev–Trinajstić information content (AvgIpc) is 3.50. The summed E-state index contributed by atoms with van der Waals surface area (Å²) >= 11 is 0. The zero-order chi connectivity index (χ0) is 26.5. The molecule has 7 heteroatoms. The number of urea groups is 1. The number of hydrogen-bond donors (Lipinski definition) is 4. The van der Waals surface area contributed by atoms with E-state index in [0.29, 0.717) is 26.1 Å². The number of nitrogens with zero attached hydrogens (tertiary/aromatic N) is 1. The van der Waals surface area contributed by atoms with Crippen LogP contribution in [0.4, 0.5) is 4.79 Å². The zero-order valence-corrected chi connectivity index (χ0v) is 22.2. The Balaban J connectivity index is 1.26. The van der Waals surface area contributed by atoms with Crippen LogP contribution in [0.5, 0.6) is 0 Å². The maximum absolute atomic E-state index is 13.4. The topological polar surface area (TPSA) is 103 Å². The molecule has 5 rings (SSSR count). The van der Waals surface area contributed by atoms with Gasteiger partial charge in [-0.3, -0.25) is 4.79 Å². The van der Waals surface area contributed by atoms with Crippen molar-refractivity contribution in [1.29, 1.82) is 0 Å². The van der Waals surface area contributed by atoms with Gasteiger partial charge in [-0.05, 0) is 61.9 Å². The number of piperidine rings is 1. The summed E-state index contributed by atoms with van der Waals surface area (Å²) in [5.41, 5.74) is 10.3. The number of unbranched alkanes of at least 4 members (excludes halogenated alkanes) is 1. The molecule has 1 spiro atoms. The van der Waals surface area contributed by atoms with E-state index in [1.807, 2.05) is 42.3 Å². The molecule has 38 heavy (non-hydrogen) atoms. The Labute approximate surface area is 224 Å². The average molecular weight is 514 g/mol. The molecule has 1 saturated heterocycles. The number of rotatable bonds is 9. The molecule has 0 bridgehead atoms.